The second-order valence-corrected chi connectivity index (χ2v) is 11.8. The molecule has 0 bridgehead atoms. The predicted octanol–water partition coefficient (Wildman–Crippen LogP) is 7.50. The second kappa shape index (κ2) is 11.0. The van der Waals surface area contributed by atoms with Crippen LogP contribution in [0.1, 0.15) is 59.3 Å². The number of thiophene rings is 1. The van der Waals surface area contributed by atoms with Crippen LogP contribution in [0.5, 0.6) is 5.75 Å². The van der Waals surface area contributed by atoms with E-state index in [0.717, 1.165) is 51.4 Å². The van der Waals surface area contributed by atoms with Crippen molar-refractivity contribution < 1.29 is 13.9 Å². The first-order valence-electron chi connectivity index (χ1n) is 11.8. The molecule has 0 aliphatic heterocycles. The van der Waals surface area contributed by atoms with Crippen LogP contribution < -0.4 is 10.1 Å². The third kappa shape index (κ3) is 6.14. The number of hydrogen-bond donors (Lipinski definition) is 1. The van der Waals surface area contributed by atoms with E-state index < -0.39 is 0 Å². The van der Waals surface area contributed by atoms with Crippen LogP contribution in [0.3, 0.4) is 0 Å². The Morgan fingerprint density at radius 2 is 2.20 bits per heavy atom. The van der Waals surface area contributed by atoms with Crippen molar-refractivity contribution in [3.63, 3.8) is 0 Å². The van der Waals surface area contributed by atoms with Crippen LogP contribution in [0, 0.1) is 11.3 Å². The molecule has 5 nitrogen and oxygen atoms in total. The van der Waals surface area contributed by atoms with Crippen LogP contribution >= 0.6 is 27.3 Å². The monoisotopic (exact) mass is 554 g/mol. The fourth-order valence-electron chi connectivity index (χ4n) is 4.33. The number of ether oxygens (including phenoxy) is 1. The highest BCUT2D eigenvalue weighted by Crippen LogP contribution is 2.45. The summed E-state index contributed by atoms with van der Waals surface area (Å²) in [4.78, 5) is 19.5. The number of furan rings is 1. The third-order valence-corrected chi connectivity index (χ3v) is 8.01. The summed E-state index contributed by atoms with van der Waals surface area (Å²) in [6, 6.07) is 9.47. The summed E-state index contributed by atoms with van der Waals surface area (Å²) < 4.78 is 12.1. The zero-order valence-corrected chi connectivity index (χ0v) is 22.8. The molecule has 1 amide bonds. The molecule has 0 radical (unpaired) electrons. The first kappa shape index (κ1) is 25.5. The topological polar surface area (TPSA) is 63.8 Å². The molecule has 2 aromatic heterocycles. The SMILES string of the molecule is C=CCOc1ccc(Br)cc1C=Nc1sc2c(c1C(=O)NCc1ccco1)CC[C@H](C(C)(C)C)C2. The van der Waals surface area contributed by atoms with Gasteiger partial charge in [-0.1, -0.05) is 49.4 Å². The highest BCUT2D eigenvalue weighted by Gasteiger charge is 2.33. The molecule has 0 unspecified atom stereocenters. The first-order chi connectivity index (χ1) is 16.8. The maximum absolute atomic E-state index is 13.4. The van der Waals surface area contributed by atoms with Gasteiger partial charge in [-0.3, -0.25) is 4.79 Å². The lowest BCUT2D eigenvalue weighted by molar-refractivity contribution is 0.0947. The number of nitrogens with one attached hydrogen (secondary N) is 1. The molecule has 0 saturated heterocycles. The van der Waals surface area contributed by atoms with Crippen LogP contribution in [-0.2, 0) is 19.4 Å². The van der Waals surface area contributed by atoms with Crippen molar-refractivity contribution >= 4 is 44.4 Å². The molecule has 1 aliphatic rings. The molecular weight excluding hydrogens is 524 g/mol. The van der Waals surface area contributed by atoms with Gasteiger partial charge in [-0.15, -0.1) is 11.3 Å². The van der Waals surface area contributed by atoms with Gasteiger partial charge in [0.1, 0.15) is 23.1 Å². The fraction of sp³-hybridized carbons (Fsp3) is 0.357. The number of amides is 1. The van der Waals surface area contributed by atoms with Gasteiger partial charge < -0.3 is 14.5 Å². The van der Waals surface area contributed by atoms with Crippen molar-refractivity contribution in [1.29, 1.82) is 0 Å². The van der Waals surface area contributed by atoms with Gasteiger partial charge in [-0.2, -0.15) is 0 Å². The molecule has 2 heterocycles. The number of fused-ring (bicyclic) bond motifs is 1. The van der Waals surface area contributed by atoms with Gasteiger partial charge in [0.25, 0.3) is 5.91 Å². The van der Waals surface area contributed by atoms with E-state index in [0.29, 0.717) is 24.6 Å². The van der Waals surface area contributed by atoms with E-state index in [2.05, 4.69) is 48.6 Å². The molecule has 1 aromatic carbocycles. The lowest BCUT2D eigenvalue weighted by Crippen LogP contribution is -2.28. The summed E-state index contributed by atoms with van der Waals surface area (Å²) in [5.74, 6) is 1.90. The lowest BCUT2D eigenvalue weighted by atomic mass is 9.72. The van der Waals surface area contributed by atoms with E-state index in [1.54, 1.807) is 29.9 Å². The second-order valence-electron chi connectivity index (χ2n) is 9.79. The Kier molecular flexibility index (Phi) is 7.97. The van der Waals surface area contributed by atoms with Crippen molar-refractivity contribution in [1.82, 2.24) is 5.32 Å². The third-order valence-electron chi connectivity index (χ3n) is 6.35. The molecule has 184 valence electrons. The van der Waals surface area contributed by atoms with Gasteiger partial charge in [-0.25, -0.2) is 4.99 Å². The first-order valence-corrected chi connectivity index (χ1v) is 13.4. The van der Waals surface area contributed by atoms with E-state index in [9.17, 15) is 4.79 Å². The van der Waals surface area contributed by atoms with Crippen molar-refractivity contribution in [2.45, 2.75) is 46.6 Å². The molecule has 35 heavy (non-hydrogen) atoms. The summed E-state index contributed by atoms with van der Waals surface area (Å²) in [5, 5.41) is 3.76. The van der Waals surface area contributed by atoms with Crippen LogP contribution in [0.15, 0.2) is 63.1 Å². The minimum Gasteiger partial charge on any atom is -0.489 e. The molecule has 3 aromatic rings. The van der Waals surface area contributed by atoms with E-state index in [1.807, 2.05) is 30.3 Å². The Morgan fingerprint density at radius 1 is 1.37 bits per heavy atom. The quantitative estimate of drug-likeness (QED) is 0.231. The van der Waals surface area contributed by atoms with Crippen LogP contribution in [0.4, 0.5) is 5.00 Å². The van der Waals surface area contributed by atoms with Crippen LogP contribution in [0.25, 0.3) is 0 Å². The van der Waals surface area contributed by atoms with E-state index >= 15 is 0 Å². The number of benzene rings is 1. The summed E-state index contributed by atoms with van der Waals surface area (Å²) in [6.45, 7) is 11.4. The highest BCUT2D eigenvalue weighted by molar-refractivity contribution is 9.10. The zero-order chi connectivity index (χ0) is 25.0. The van der Waals surface area contributed by atoms with Gasteiger partial charge in [-0.05, 0) is 66.5 Å². The van der Waals surface area contributed by atoms with Gasteiger partial charge >= 0.3 is 0 Å². The predicted molar refractivity (Wildman–Crippen MR) is 146 cm³/mol. The minimum absolute atomic E-state index is 0.113. The van der Waals surface area contributed by atoms with E-state index in [4.69, 9.17) is 14.1 Å². The van der Waals surface area contributed by atoms with Crippen molar-refractivity contribution in [3.05, 3.63) is 81.1 Å². The summed E-state index contributed by atoms with van der Waals surface area (Å²) in [7, 11) is 0. The Morgan fingerprint density at radius 3 is 2.91 bits per heavy atom. The minimum atomic E-state index is -0.113. The maximum Gasteiger partial charge on any atom is 0.255 e. The number of halogens is 1. The van der Waals surface area contributed by atoms with E-state index in [-0.39, 0.29) is 11.3 Å². The number of nitrogens with zero attached hydrogens (tertiary/aromatic N) is 1. The Bertz CT molecular complexity index is 1220. The van der Waals surface area contributed by atoms with Crippen LogP contribution in [0.2, 0.25) is 0 Å². The Balaban J connectivity index is 1.68. The smallest absolute Gasteiger partial charge is 0.255 e. The average Bonchev–Trinajstić information content (AvgIpc) is 3.47. The summed E-state index contributed by atoms with van der Waals surface area (Å²) in [6.07, 6.45) is 8.04. The molecular formula is C28H31BrN2O3S. The average molecular weight is 556 g/mol. The fourth-order valence-corrected chi connectivity index (χ4v) is 5.98. The van der Waals surface area contributed by atoms with Crippen molar-refractivity contribution in [2.75, 3.05) is 6.61 Å². The molecule has 0 fully saturated rings. The molecule has 0 spiro atoms. The molecule has 1 aliphatic carbocycles. The summed E-state index contributed by atoms with van der Waals surface area (Å²) >= 11 is 5.16. The number of aliphatic imine (C=N–C) groups is 1. The number of carbonyl (C=O) groups excluding carboxylic acids is 1. The van der Waals surface area contributed by atoms with Gasteiger partial charge in [0.15, 0.2) is 0 Å². The Hall–Kier alpha value is -2.64. The normalized spacial score (nSPS) is 15.7. The largest absolute Gasteiger partial charge is 0.489 e. The number of hydrogen-bond acceptors (Lipinski definition) is 5. The van der Waals surface area contributed by atoms with Crippen molar-refractivity contribution in [3.8, 4) is 5.75 Å². The lowest BCUT2D eigenvalue weighted by Gasteiger charge is -2.33. The molecule has 0 saturated carbocycles. The van der Waals surface area contributed by atoms with Gasteiger partial charge in [0.05, 0.1) is 18.4 Å². The zero-order valence-electron chi connectivity index (χ0n) is 20.4. The van der Waals surface area contributed by atoms with Gasteiger partial charge in [0, 0.05) is 21.1 Å². The number of carbonyl (C=O) groups is 1. The summed E-state index contributed by atoms with van der Waals surface area (Å²) in [5.41, 5.74) is 2.88. The molecule has 1 N–H and O–H groups in total. The van der Waals surface area contributed by atoms with Gasteiger partial charge in [0.2, 0.25) is 0 Å². The van der Waals surface area contributed by atoms with E-state index in [1.165, 1.54) is 4.88 Å². The Labute approximate surface area is 219 Å². The molecule has 7 heteroatoms. The van der Waals surface area contributed by atoms with Crippen molar-refractivity contribution in [2.24, 2.45) is 16.3 Å². The highest BCUT2D eigenvalue weighted by atomic mass is 79.9. The number of rotatable bonds is 8. The standard InChI is InChI=1S/C28H31BrN2O3S/c1-5-12-34-23-11-9-20(29)14-18(23)16-31-27-25(26(32)30-17-21-7-6-13-33-21)22-10-8-19(28(2,3)4)15-24(22)35-27/h5-7,9,11,13-14,16,19H,1,8,10,12,15,17H2,2-4H3,(H,30,32)/t19-/m0/s1. The molecule has 4 rings (SSSR count). The van der Waals surface area contributed by atoms with Crippen LogP contribution in [-0.4, -0.2) is 18.7 Å². The molecule has 1 atom stereocenters. The maximum atomic E-state index is 13.4.